The second kappa shape index (κ2) is 8.99. The number of imide groups is 2. The van der Waals surface area contributed by atoms with Gasteiger partial charge in [0.15, 0.2) is 17.1 Å². The number of carbonyl (C=O) groups excluding carboxylic acids is 4. The average molecular weight is 564 g/mol. The lowest BCUT2D eigenvalue weighted by atomic mass is 9.66. The zero-order chi connectivity index (χ0) is 28.6. The van der Waals surface area contributed by atoms with E-state index in [-0.39, 0.29) is 48.2 Å². The number of nitrogens with one attached hydrogen (secondary N) is 2. The topological polar surface area (TPSA) is 143 Å². The monoisotopic (exact) mass is 563 g/mol. The molecule has 3 fully saturated rings. The molecule has 0 radical (unpaired) electrons. The Morgan fingerprint density at radius 1 is 1.10 bits per heavy atom. The third-order valence-corrected chi connectivity index (χ3v) is 8.45. The van der Waals surface area contributed by atoms with Crippen LogP contribution in [0.25, 0.3) is 11.0 Å². The highest BCUT2D eigenvalue weighted by atomic mass is 19.1. The summed E-state index contributed by atoms with van der Waals surface area (Å²) in [7, 11) is 0. The number of carbonyl (C=O) groups is 4. The largest absolute Gasteiger partial charge is 0.447 e. The number of halogens is 1. The first kappa shape index (κ1) is 25.4. The Kier molecular flexibility index (Phi) is 5.58. The molecule has 4 atom stereocenters. The summed E-state index contributed by atoms with van der Waals surface area (Å²) in [5, 5.41) is 8.73. The van der Waals surface area contributed by atoms with Gasteiger partial charge in [0, 0.05) is 13.0 Å². The zero-order valence-electron chi connectivity index (χ0n) is 22.2. The molecule has 3 saturated heterocycles. The highest BCUT2D eigenvalue weighted by Crippen LogP contribution is 2.50. The number of barbiturate groups is 1. The number of urea groups is 1. The molecule has 2 aromatic carbocycles. The zero-order valence-corrected chi connectivity index (χ0v) is 22.2. The first-order valence-corrected chi connectivity index (χ1v) is 13.4. The van der Waals surface area contributed by atoms with Gasteiger partial charge in [-0.2, -0.15) is 0 Å². The average Bonchev–Trinajstić information content (AvgIpc) is 3.50. The Morgan fingerprint density at radius 2 is 1.83 bits per heavy atom. The lowest BCUT2D eigenvalue weighted by Gasteiger charge is -2.55. The number of amides is 5. The van der Waals surface area contributed by atoms with Gasteiger partial charge in [-0.15, -0.1) is 0 Å². The van der Waals surface area contributed by atoms with Gasteiger partial charge in [0.05, 0.1) is 35.4 Å². The van der Waals surface area contributed by atoms with Crippen molar-refractivity contribution in [3.8, 4) is 0 Å². The van der Waals surface area contributed by atoms with E-state index in [1.165, 1.54) is 4.90 Å². The summed E-state index contributed by atoms with van der Waals surface area (Å²) < 4.78 is 33.2. The molecular weight excluding hydrogens is 537 g/mol. The van der Waals surface area contributed by atoms with E-state index in [0.717, 1.165) is 5.56 Å². The molecule has 5 heterocycles. The Morgan fingerprint density at radius 3 is 2.56 bits per heavy atom. The van der Waals surface area contributed by atoms with E-state index in [0.29, 0.717) is 12.0 Å². The molecule has 1 spiro atoms. The number of anilines is 2. The normalized spacial score (nSPS) is 27.0. The number of fused-ring (bicyclic) bond motifs is 5. The number of aromatic nitrogens is 1. The fourth-order valence-electron chi connectivity index (χ4n) is 6.87. The van der Waals surface area contributed by atoms with Crippen molar-refractivity contribution in [3.05, 3.63) is 53.3 Å². The number of cyclic esters (lactones) is 1. The number of nitrogens with zero attached hydrogens (tertiary/aromatic N) is 3. The van der Waals surface area contributed by atoms with Gasteiger partial charge in [-0.3, -0.25) is 25.1 Å². The fourth-order valence-corrected chi connectivity index (χ4v) is 6.87. The molecule has 4 aliphatic rings. The second-order valence-electron chi connectivity index (χ2n) is 11.0. The van der Waals surface area contributed by atoms with Crippen LogP contribution in [0.5, 0.6) is 0 Å². The number of hydrogen-bond donors (Lipinski definition) is 2. The van der Waals surface area contributed by atoms with Crippen molar-refractivity contribution in [1.82, 2.24) is 15.8 Å². The summed E-state index contributed by atoms with van der Waals surface area (Å²) in [4.78, 5) is 54.8. The van der Waals surface area contributed by atoms with E-state index in [2.05, 4.69) is 15.8 Å². The molecule has 1 aromatic heterocycles. The SMILES string of the molecule is C[C@H]1CN2c3c(cc4c(N5C(=O)OC[C@H]5Cc5ccccc5)noc4c3F)CC3(C(=O)NC(=O)NC3=O)[C@@H]2[C@@H](C)O1. The molecule has 212 valence electrons. The predicted molar refractivity (Wildman–Crippen MR) is 141 cm³/mol. The van der Waals surface area contributed by atoms with Gasteiger partial charge in [0.1, 0.15) is 6.61 Å². The van der Waals surface area contributed by atoms with Crippen LogP contribution in [-0.2, 0) is 31.9 Å². The maximum Gasteiger partial charge on any atom is 0.416 e. The van der Waals surface area contributed by atoms with Crippen molar-refractivity contribution >= 4 is 46.4 Å². The van der Waals surface area contributed by atoms with Gasteiger partial charge in [-0.25, -0.2) is 14.0 Å². The minimum Gasteiger partial charge on any atom is -0.447 e. The van der Waals surface area contributed by atoms with Gasteiger partial charge in [-0.05, 0) is 37.5 Å². The van der Waals surface area contributed by atoms with Crippen LogP contribution >= 0.6 is 0 Å². The predicted octanol–water partition coefficient (Wildman–Crippen LogP) is 2.43. The van der Waals surface area contributed by atoms with Crippen LogP contribution in [0.2, 0.25) is 0 Å². The minimum atomic E-state index is -1.78. The molecule has 0 bridgehead atoms. The first-order valence-electron chi connectivity index (χ1n) is 13.4. The maximum absolute atomic E-state index is 16.4. The van der Waals surface area contributed by atoms with Gasteiger partial charge in [0.2, 0.25) is 17.4 Å². The van der Waals surface area contributed by atoms with Crippen molar-refractivity contribution in [3.63, 3.8) is 0 Å². The number of rotatable bonds is 3. The maximum atomic E-state index is 16.4. The second-order valence-corrected chi connectivity index (χ2v) is 11.0. The fraction of sp³-hybridized carbons (Fsp3) is 0.393. The Labute approximate surface area is 232 Å². The summed E-state index contributed by atoms with van der Waals surface area (Å²) in [5.41, 5.74) is -0.458. The first-order chi connectivity index (χ1) is 19.7. The van der Waals surface area contributed by atoms with Gasteiger partial charge in [0.25, 0.3) is 0 Å². The summed E-state index contributed by atoms with van der Waals surface area (Å²) in [5.74, 6) is -2.21. The van der Waals surface area contributed by atoms with Crippen molar-refractivity contribution in [2.24, 2.45) is 5.41 Å². The van der Waals surface area contributed by atoms with Crippen LogP contribution in [0.1, 0.15) is 25.0 Å². The molecule has 0 unspecified atom stereocenters. The number of benzene rings is 2. The van der Waals surface area contributed by atoms with E-state index < -0.39 is 53.4 Å². The molecule has 3 aromatic rings. The van der Waals surface area contributed by atoms with Crippen LogP contribution in [0, 0.1) is 11.2 Å². The van der Waals surface area contributed by atoms with Crippen molar-refractivity contribution < 1.29 is 37.6 Å². The molecule has 41 heavy (non-hydrogen) atoms. The summed E-state index contributed by atoms with van der Waals surface area (Å²) in [6.07, 6.45) is -1.39. The van der Waals surface area contributed by atoms with Crippen LogP contribution < -0.4 is 20.4 Å². The molecule has 0 aliphatic carbocycles. The van der Waals surface area contributed by atoms with Crippen molar-refractivity contribution in [2.45, 2.75) is 51.0 Å². The van der Waals surface area contributed by atoms with E-state index in [9.17, 15) is 19.2 Å². The van der Waals surface area contributed by atoms with Gasteiger partial charge >= 0.3 is 12.1 Å². The van der Waals surface area contributed by atoms with E-state index in [4.69, 9.17) is 14.0 Å². The molecule has 13 heteroatoms. The molecule has 12 nitrogen and oxygen atoms in total. The Balaban J connectivity index is 1.37. The van der Waals surface area contributed by atoms with Crippen LogP contribution in [0.15, 0.2) is 40.9 Å². The van der Waals surface area contributed by atoms with Crippen LogP contribution in [0.3, 0.4) is 0 Å². The van der Waals surface area contributed by atoms with E-state index in [1.807, 2.05) is 37.3 Å². The van der Waals surface area contributed by atoms with E-state index >= 15 is 4.39 Å². The number of morpholine rings is 1. The van der Waals surface area contributed by atoms with Crippen molar-refractivity contribution in [1.29, 1.82) is 0 Å². The minimum absolute atomic E-state index is 0.0812. The Hall–Kier alpha value is -4.52. The van der Waals surface area contributed by atoms with Crippen molar-refractivity contribution in [2.75, 3.05) is 23.0 Å². The third kappa shape index (κ3) is 3.64. The summed E-state index contributed by atoms with van der Waals surface area (Å²) >= 11 is 0. The molecule has 5 amide bonds. The van der Waals surface area contributed by atoms with Gasteiger partial charge < -0.3 is 18.9 Å². The summed E-state index contributed by atoms with van der Waals surface area (Å²) in [6, 6.07) is 8.91. The smallest absolute Gasteiger partial charge is 0.416 e. The number of hydrogen-bond acceptors (Lipinski definition) is 9. The lowest BCUT2D eigenvalue weighted by molar-refractivity contribution is -0.153. The Bertz CT molecular complexity index is 1600. The number of ether oxygens (including phenoxy) is 2. The molecule has 4 aliphatic heterocycles. The lowest BCUT2D eigenvalue weighted by Crippen LogP contribution is -2.75. The molecular formula is C28H26FN5O7. The summed E-state index contributed by atoms with van der Waals surface area (Å²) in [6.45, 7) is 3.82. The highest BCUT2D eigenvalue weighted by molar-refractivity contribution is 6.20. The molecule has 0 saturated carbocycles. The molecule has 2 N–H and O–H groups in total. The highest BCUT2D eigenvalue weighted by Gasteiger charge is 2.63. The van der Waals surface area contributed by atoms with E-state index in [1.54, 1.807) is 17.9 Å². The van der Waals surface area contributed by atoms with Crippen LogP contribution in [-0.4, -0.2) is 66.5 Å². The third-order valence-electron chi connectivity index (χ3n) is 8.45. The molecule has 7 rings (SSSR count). The van der Waals surface area contributed by atoms with Gasteiger partial charge in [-0.1, -0.05) is 35.5 Å². The standard InChI is InChI=1S/C28H26FN5O7/c1-13-11-33-20-16(10-28(22(33)14(2)40-13)24(35)30-26(37)31-25(28)36)9-18-21(19(20)29)41-32-23(18)34-17(12-39-27(34)38)8-15-6-4-3-5-7-15/h3-7,9,13-14,17,22H,8,10-12H2,1-2H3,(H2,30,31,35,36,37)/t13-,14+,17+,22-/m0/s1. The van der Waals surface area contributed by atoms with Crippen LogP contribution in [0.4, 0.5) is 25.5 Å². The quantitative estimate of drug-likeness (QED) is 0.459.